The van der Waals surface area contributed by atoms with Crippen molar-refractivity contribution in [3.63, 3.8) is 0 Å². The van der Waals surface area contributed by atoms with Crippen LogP contribution < -0.4 is 5.32 Å². The van der Waals surface area contributed by atoms with E-state index in [0.29, 0.717) is 23.5 Å². The number of aryl methyl sites for hydroxylation is 1. The van der Waals surface area contributed by atoms with Gasteiger partial charge in [0.05, 0.1) is 15.5 Å². The molecule has 0 spiro atoms. The Balaban J connectivity index is 1.77. The zero-order valence-electron chi connectivity index (χ0n) is 13.6. The number of rotatable bonds is 4. The molecule has 0 radical (unpaired) electrons. The first-order valence-electron chi connectivity index (χ1n) is 7.88. The van der Waals surface area contributed by atoms with Crippen molar-refractivity contribution in [1.29, 1.82) is 0 Å². The molecule has 1 aromatic heterocycles. The lowest BCUT2D eigenvalue weighted by atomic mass is 10.1. The number of non-ortho nitro benzene ring substituents is 1. The molecule has 130 valence electrons. The van der Waals surface area contributed by atoms with Crippen molar-refractivity contribution in [3.05, 3.63) is 56.3 Å². The Labute approximate surface area is 148 Å². The van der Waals surface area contributed by atoms with Crippen LogP contribution in [-0.2, 0) is 4.79 Å². The molecule has 0 aliphatic carbocycles. The van der Waals surface area contributed by atoms with Gasteiger partial charge >= 0.3 is 0 Å². The SMILES string of the molecule is Cc1ccc([N+](=O)[O-])cc1NC(=O)[C@H]1CCCN1C(=O)c1cccs1. The van der Waals surface area contributed by atoms with Crippen molar-refractivity contribution >= 4 is 34.5 Å². The molecule has 0 saturated carbocycles. The molecule has 1 aliphatic rings. The number of anilines is 1. The maximum atomic E-state index is 12.7. The largest absolute Gasteiger partial charge is 0.326 e. The van der Waals surface area contributed by atoms with Crippen molar-refractivity contribution in [3.8, 4) is 0 Å². The predicted octanol–water partition coefficient (Wildman–Crippen LogP) is 3.21. The molecule has 1 N–H and O–H groups in total. The molecule has 8 heteroatoms. The number of nitro groups is 1. The summed E-state index contributed by atoms with van der Waals surface area (Å²) < 4.78 is 0. The van der Waals surface area contributed by atoms with Crippen molar-refractivity contribution in [2.24, 2.45) is 0 Å². The number of hydrogen-bond acceptors (Lipinski definition) is 5. The van der Waals surface area contributed by atoms with Crippen molar-refractivity contribution in [2.45, 2.75) is 25.8 Å². The smallest absolute Gasteiger partial charge is 0.271 e. The molecule has 1 saturated heterocycles. The van der Waals surface area contributed by atoms with Crippen LogP contribution in [0.5, 0.6) is 0 Å². The van der Waals surface area contributed by atoms with Crippen molar-refractivity contribution in [1.82, 2.24) is 4.90 Å². The normalized spacial score (nSPS) is 16.7. The number of benzene rings is 1. The number of likely N-dealkylation sites (tertiary alicyclic amines) is 1. The third-order valence-corrected chi connectivity index (χ3v) is 5.10. The highest BCUT2D eigenvalue weighted by molar-refractivity contribution is 7.12. The number of nitrogens with zero attached hydrogens (tertiary/aromatic N) is 2. The molecule has 0 bridgehead atoms. The fraction of sp³-hybridized carbons (Fsp3) is 0.294. The molecule has 2 aromatic rings. The molecule has 1 fully saturated rings. The zero-order valence-corrected chi connectivity index (χ0v) is 14.4. The van der Waals surface area contributed by atoms with E-state index >= 15 is 0 Å². The summed E-state index contributed by atoms with van der Waals surface area (Å²) in [6.07, 6.45) is 1.33. The van der Waals surface area contributed by atoms with Crippen LogP contribution in [0.2, 0.25) is 0 Å². The van der Waals surface area contributed by atoms with Gasteiger partial charge in [0.2, 0.25) is 5.91 Å². The number of nitro benzene ring substituents is 1. The Morgan fingerprint density at radius 1 is 1.36 bits per heavy atom. The van der Waals surface area contributed by atoms with Crippen molar-refractivity contribution in [2.75, 3.05) is 11.9 Å². The van der Waals surface area contributed by atoms with E-state index in [1.807, 2.05) is 5.38 Å². The minimum Gasteiger partial charge on any atom is -0.326 e. The predicted molar refractivity (Wildman–Crippen MR) is 94.8 cm³/mol. The third-order valence-electron chi connectivity index (χ3n) is 4.24. The summed E-state index contributed by atoms with van der Waals surface area (Å²) in [6, 6.07) is 7.31. The molecular weight excluding hydrogens is 342 g/mol. The zero-order chi connectivity index (χ0) is 18.0. The summed E-state index contributed by atoms with van der Waals surface area (Å²) in [5.41, 5.74) is 1.04. The van der Waals surface area contributed by atoms with Gasteiger partial charge in [0.25, 0.3) is 11.6 Å². The molecule has 1 aliphatic heterocycles. The Bertz CT molecular complexity index is 819. The Morgan fingerprint density at radius 2 is 2.16 bits per heavy atom. The summed E-state index contributed by atoms with van der Waals surface area (Å²) in [4.78, 5) is 37.8. The van der Waals surface area contributed by atoms with E-state index in [0.717, 1.165) is 12.0 Å². The second-order valence-corrected chi connectivity index (χ2v) is 6.83. The van der Waals surface area contributed by atoms with Gasteiger partial charge in [-0.15, -0.1) is 11.3 Å². The minimum absolute atomic E-state index is 0.0844. The molecule has 25 heavy (non-hydrogen) atoms. The Kier molecular flexibility index (Phi) is 4.80. The summed E-state index contributed by atoms with van der Waals surface area (Å²) in [5, 5.41) is 15.5. The number of carbonyl (C=O) groups excluding carboxylic acids is 2. The van der Waals surface area contributed by atoms with Crippen molar-refractivity contribution < 1.29 is 14.5 Å². The van der Waals surface area contributed by atoms with Crippen LogP contribution in [-0.4, -0.2) is 34.2 Å². The van der Waals surface area contributed by atoms with E-state index in [2.05, 4.69) is 5.32 Å². The first-order chi connectivity index (χ1) is 12.0. The first kappa shape index (κ1) is 17.1. The van der Waals surface area contributed by atoms with Crippen LogP contribution >= 0.6 is 11.3 Å². The lowest BCUT2D eigenvalue weighted by molar-refractivity contribution is -0.384. The van der Waals surface area contributed by atoms with Crippen LogP contribution in [0, 0.1) is 17.0 Å². The minimum atomic E-state index is -0.562. The number of thiophene rings is 1. The molecule has 7 nitrogen and oxygen atoms in total. The fourth-order valence-corrected chi connectivity index (χ4v) is 3.58. The van der Waals surface area contributed by atoms with Crippen LogP contribution in [0.25, 0.3) is 0 Å². The number of hydrogen-bond donors (Lipinski definition) is 1. The molecule has 0 unspecified atom stereocenters. The summed E-state index contributed by atoms with van der Waals surface area (Å²) in [5.74, 6) is -0.464. The molecule has 1 atom stereocenters. The highest BCUT2D eigenvalue weighted by atomic mass is 32.1. The first-order valence-corrected chi connectivity index (χ1v) is 8.75. The maximum absolute atomic E-state index is 12.7. The number of nitrogens with one attached hydrogen (secondary N) is 1. The number of carbonyl (C=O) groups is 2. The highest BCUT2D eigenvalue weighted by Crippen LogP contribution is 2.26. The second-order valence-electron chi connectivity index (χ2n) is 5.88. The molecule has 2 amide bonds. The van der Waals surface area contributed by atoms with E-state index in [1.54, 1.807) is 30.0 Å². The van der Waals surface area contributed by atoms with Gasteiger partial charge in [-0.3, -0.25) is 19.7 Å². The lowest BCUT2D eigenvalue weighted by Crippen LogP contribution is -2.43. The topological polar surface area (TPSA) is 92.6 Å². The van der Waals surface area contributed by atoms with E-state index in [4.69, 9.17) is 0 Å². The molecule has 1 aromatic carbocycles. The average molecular weight is 359 g/mol. The van der Waals surface area contributed by atoms with E-state index in [9.17, 15) is 19.7 Å². The highest BCUT2D eigenvalue weighted by Gasteiger charge is 2.35. The monoisotopic (exact) mass is 359 g/mol. The summed E-state index contributed by atoms with van der Waals surface area (Å²) in [6.45, 7) is 2.30. The van der Waals surface area contributed by atoms with Gasteiger partial charge in [0.1, 0.15) is 6.04 Å². The summed E-state index contributed by atoms with van der Waals surface area (Å²) >= 11 is 1.35. The molecule has 2 heterocycles. The maximum Gasteiger partial charge on any atom is 0.271 e. The Hall–Kier alpha value is -2.74. The van der Waals surface area contributed by atoms with Crippen LogP contribution in [0.15, 0.2) is 35.7 Å². The third kappa shape index (κ3) is 3.53. The van der Waals surface area contributed by atoms with Gasteiger partial charge in [-0.1, -0.05) is 12.1 Å². The lowest BCUT2D eigenvalue weighted by Gasteiger charge is -2.23. The van der Waals surface area contributed by atoms with Gasteiger partial charge in [-0.25, -0.2) is 0 Å². The van der Waals surface area contributed by atoms with Crippen LogP contribution in [0.4, 0.5) is 11.4 Å². The van der Waals surface area contributed by atoms with Gasteiger partial charge in [-0.05, 0) is 36.8 Å². The second kappa shape index (κ2) is 7.02. The van der Waals surface area contributed by atoms with Gasteiger partial charge in [0, 0.05) is 18.7 Å². The van der Waals surface area contributed by atoms with Crippen LogP contribution in [0.3, 0.4) is 0 Å². The van der Waals surface area contributed by atoms with E-state index in [1.165, 1.54) is 23.5 Å². The van der Waals surface area contributed by atoms with Gasteiger partial charge in [-0.2, -0.15) is 0 Å². The van der Waals surface area contributed by atoms with E-state index < -0.39 is 11.0 Å². The fourth-order valence-electron chi connectivity index (χ4n) is 2.90. The standard InChI is InChI=1S/C17H17N3O4S/c1-11-6-7-12(20(23)24)10-13(11)18-16(21)14-4-2-8-19(14)17(22)15-5-3-9-25-15/h3,5-7,9-10,14H,2,4,8H2,1H3,(H,18,21)/t14-/m1/s1. The number of amides is 2. The molecule has 3 rings (SSSR count). The average Bonchev–Trinajstić information content (AvgIpc) is 3.27. The van der Waals surface area contributed by atoms with Gasteiger partial charge < -0.3 is 10.2 Å². The Morgan fingerprint density at radius 3 is 2.84 bits per heavy atom. The van der Waals surface area contributed by atoms with Crippen LogP contribution in [0.1, 0.15) is 28.1 Å². The summed E-state index contributed by atoms with van der Waals surface area (Å²) in [7, 11) is 0. The molecular formula is C17H17N3O4S. The van der Waals surface area contributed by atoms with Gasteiger partial charge in [0.15, 0.2) is 0 Å². The van der Waals surface area contributed by atoms with E-state index in [-0.39, 0.29) is 17.5 Å². The quantitative estimate of drug-likeness (QED) is 0.670.